The van der Waals surface area contributed by atoms with Crippen molar-refractivity contribution in [2.45, 2.75) is 18.9 Å². The van der Waals surface area contributed by atoms with Crippen molar-refractivity contribution in [1.29, 1.82) is 0 Å². The number of ether oxygens (including phenoxy) is 1. The van der Waals surface area contributed by atoms with Gasteiger partial charge in [-0.25, -0.2) is 0 Å². The number of hydrogen-bond acceptors (Lipinski definition) is 6. The summed E-state index contributed by atoms with van der Waals surface area (Å²) < 4.78 is 4.99. The van der Waals surface area contributed by atoms with E-state index in [0.29, 0.717) is 0 Å². The molecule has 0 fully saturated rings. The number of nitrogens with two attached hydrogens (primary N) is 1. The maximum Gasteiger partial charge on any atom is 0.303 e. The van der Waals surface area contributed by atoms with E-state index >= 15 is 0 Å². The zero-order chi connectivity index (χ0) is 16.0. The Morgan fingerprint density at radius 2 is 2.19 bits per heavy atom. The van der Waals surface area contributed by atoms with Crippen molar-refractivity contribution in [3.05, 3.63) is 28.3 Å². The molecule has 0 radical (unpaired) electrons. The number of non-ortho nitro benzene ring substituents is 1. The topological polar surface area (TPSA) is 145 Å². The molecule has 0 saturated carbocycles. The summed E-state index contributed by atoms with van der Waals surface area (Å²) in [6.45, 7) is 0. The number of carbonyl (C=O) groups is 2. The van der Waals surface area contributed by atoms with Crippen LogP contribution in [0.1, 0.15) is 12.8 Å². The number of anilines is 1. The van der Waals surface area contributed by atoms with Crippen molar-refractivity contribution in [3.8, 4) is 5.75 Å². The largest absolute Gasteiger partial charge is 0.495 e. The second-order valence-corrected chi connectivity index (χ2v) is 4.17. The summed E-state index contributed by atoms with van der Waals surface area (Å²) >= 11 is 0. The van der Waals surface area contributed by atoms with Crippen LogP contribution in [0.5, 0.6) is 5.75 Å². The SMILES string of the molecule is COc1ccc([N+](=O)[O-])cc1NC(=O)C(N)CCC(=O)O. The minimum absolute atomic E-state index is 0.0432. The molecule has 1 rings (SSSR count). The molecule has 1 aromatic carbocycles. The highest BCUT2D eigenvalue weighted by molar-refractivity contribution is 5.96. The highest BCUT2D eigenvalue weighted by Gasteiger charge is 2.18. The van der Waals surface area contributed by atoms with Gasteiger partial charge in [-0.15, -0.1) is 0 Å². The average molecular weight is 297 g/mol. The fourth-order valence-electron chi connectivity index (χ4n) is 1.54. The van der Waals surface area contributed by atoms with E-state index in [1.807, 2.05) is 0 Å². The van der Waals surface area contributed by atoms with Crippen molar-refractivity contribution in [1.82, 2.24) is 0 Å². The quantitative estimate of drug-likeness (QED) is 0.497. The zero-order valence-electron chi connectivity index (χ0n) is 11.2. The van der Waals surface area contributed by atoms with Gasteiger partial charge in [-0.2, -0.15) is 0 Å². The molecule has 0 heterocycles. The van der Waals surface area contributed by atoms with Gasteiger partial charge in [-0.1, -0.05) is 0 Å². The number of amides is 1. The third kappa shape index (κ3) is 4.73. The minimum atomic E-state index is -1.06. The van der Waals surface area contributed by atoms with E-state index < -0.39 is 22.8 Å². The van der Waals surface area contributed by atoms with Gasteiger partial charge in [-0.3, -0.25) is 19.7 Å². The van der Waals surface area contributed by atoms with Crippen LogP contribution in [0.15, 0.2) is 18.2 Å². The first-order valence-electron chi connectivity index (χ1n) is 5.95. The van der Waals surface area contributed by atoms with Crippen LogP contribution in [0, 0.1) is 10.1 Å². The molecule has 0 saturated heterocycles. The molecule has 0 bridgehead atoms. The van der Waals surface area contributed by atoms with Crippen molar-refractivity contribution < 1.29 is 24.4 Å². The Hall–Kier alpha value is -2.68. The number of methoxy groups -OCH3 is 1. The van der Waals surface area contributed by atoms with Gasteiger partial charge in [0.15, 0.2) is 0 Å². The first-order chi connectivity index (χ1) is 9.85. The number of aliphatic carboxylic acids is 1. The highest BCUT2D eigenvalue weighted by atomic mass is 16.6. The predicted octanol–water partition coefficient (Wildman–Crippen LogP) is 0.734. The summed E-state index contributed by atoms with van der Waals surface area (Å²) in [5, 5.41) is 21.6. The van der Waals surface area contributed by atoms with Crippen molar-refractivity contribution in [3.63, 3.8) is 0 Å². The second-order valence-electron chi connectivity index (χ2n) is 4.17. The lowest BCUT2D eigenvalue weighted by molar-refractivity contribution is -0.384. The molecule has 21 heavy (non-hydrogen) atoms. The molecule has 0 spiro atoms. The highest BCUT2D eigenvalue weighted by Crippen LogP contribution is 2.28. The van der Waals surface area contributed by atoms with E-state index in [0.717, 1.165) is 6.07 Å². The molecule has 9 nitrogen and oxygen atoms in total. The Bertz CT molecular complexity index is 560. The molecule has 0 aliphatic carbocycles. The van der Waals surface area contributed by atoms with Crippen molar-refractivity contribution in [2.75, 3.05) is 12.4 Å². The predicted molar refractivity (Wildman–Crippen MR) is 73.1 cm³/mol. The van der Waals surface area contributed by atoms with Gasteiger partial charge in [0.1, 0.15) is 5.75 Å². The summed E-state index contributed by atoms with van der Waals surface area (Å²) in [7, 11) is 1.35. The Balaban J connectivity index is 2.85. The zero-order valence-corrected chi connectivity index (χ0v) is 11.2. The maximum absolute atomic E-state index is 11.8. The molecule has 4 N–H and O–H groups in total. The average Bonchev–Trinajstić information content (AvgIpc) is 2.44. The molecule has 0 aliphatic heterocycles. The number of benzene rings is 1. The Morgan fingerprint density at radius 3 is 2.71 bits per heavy atom. The summed E-state index contributed by atoms with van der Waals surface area (Å²) in [5.41, 5.74) is 5.43. The summed E-state index contributed by atoms with van der Waals surface area (Å²) in [4.78, 5) is 32.3. The number of carbonyl (C=O) groups excluding carboxylic acids is 1. The molecule has 0 aliphatic rings. The van der Waals surface area contributed by atoms with Gasteiger partial charge in [0.05, 0.1) is 23.8 Å². The number of hydrogen-bond donors (Lipinski definition) is 3. The number of rotatable bonds is 7. The van der Waals surface area contributed by atoms with Crippen molar-refractivity contribution in [2.24, 2.45) is 5.73 Å². The number of nitrogens with one attached hydrogen (secondary N) is 1. The molecule has 1 amide bonds. The van der Waals surface area contributed by atoms with Crippen LogP contribution in [0.4, 0.5) is 11.4 Å². The fourth-order valence-corrected chi connectivity index (χ4v) is 1.54. The Kier molecular flexibility index (Phi) is 5.61. The minimum Gasteiger partial charge on any atom is -0.495 e. The van der Waals surface area contributed by atoms with Crippen LogP contribution in [0.3, 0.4) is 0 Å². The molecular weight excluding hydrogens is 282 g/mol. The molecular formula is C12H15N3O6. The van der Waals surface area contributed by atoms with Gasteiger partial charge in [-0.05, 0) is 12.5 Å². The number of nitro groups is 1. The van der Waals surface area contributed by atoms with E-state index in [1.165, 1.54) is 19.2 Å². The summed E-state index contributed by atoms with van der Waals surface area (Å²) in [6, 6.07) is 2.68. The number of nitrogens with zero attached hydrogens (tertiary/aromatic N) is 1. The maximum atomic E-state index is 11.8. The first-order valence-corrected chi connectivity index (χ1v) is 5.95. The lowest BCUT2D eigenvalue weighted by atomic mass is 10.1. The van der Waals surface area contributed by atoms with Crippen LogP contribution in [0.25, 0.3) is 0 Å². The van der Waals surface area contributed by atoms with Crippen LogP contribution < -0.4 is 15.8 Å². The van der Waals surface area contributed by atoms with Gasteiger partial charge < -0.3 is 20.9 Å². The van der Waals surface area contributed by atoms with E-state index in [2.05, 4.69) is 5.32 Å². The monoisotopic (exact) mass is 297 g/mol. The second kappa shape index (κ2) is 7.20. The van der Waals surface area contributed by atoms with Crippen molar-refractivity contribution >= 4 is 23.3 Å². The van der Waals surface area contributed by atoms with E-state index in [9.17, 15) is 19.7 Å². The number of nitro benzene ring substituents is 1. The lowest BCUT2D eigenvalue weighted by Gasteiger charge is -2.13. The summed E-state index contributed by atoms with van der Waals surface area (Å²) in [6.07, 6.45) is -0.293. The molecule has 0 aromatic heterocycles. The van der Waals surface area contributed by atoms with E-state index in [1.54, 1.807) is 0 Å². The normalized spacial score (nSPS) is 11.5. The number of carboxylic acid groups (broad SMARTS) is 1. The number of carboxylic acids is 1. The van der Waals surface area contributed by atoms with Gasteiger partial charge in [0.25, 0.3) is 5.69 Å². The van der Waals surface area contributed by atoms with Gasteiger partial charge >= 0.3 is 5.97 Å². The summed E-state index contributed by atoms with van der Waals surface area (Å²) in [5.74, 6) is -1.47. The lowest BCUT2D eigenvalue weighted by Crippen LogP contribution is -2.36. The Morgan fingerprint density at radius 1 is 1.52 bits per heavy atom. The van der Waals surface area contributed by atoms with Gasteiger partial charge in [0, 0.05) is 18.6 Å². The van der Waals surface area contributed by atoms with E-state index in [-0.39, 0.29) is 30.0 Å². The third-order valence-electron chi connectivity index (χ3n) is 2.66. The smallest absolute Gasteiger partial charge is 0.303 e. The van der Waals surface area contributed by atoms with Crippen LogP contribution in [-0.4, -0.2) is 35.1 Å². The van der Waals surface area contributed by atoms with E-state index in [4.69, 9.17) is 15.6 Å². The fraction of sp³-hybridized carbons (Fsp3) is 0.333. The molecule has 1 aromatic rings. The third-order valence-corrected chi connectivity index (χ3v) is 2.66. The molecule has 1 atom stereocenters. The molecule has 9 heteroatoms. The van der Waals surface area contributed by atoms with Crippen LogP contribution >= 0.6 is 0 Å². The first kappa shape index (κ1) is 16.4. The van der Waals surface area contributed by atoms with Crippen LogP contribution in [0.2, 0.25) is 0 Å². The molecule has 1 unspecified atom stereocenters. The Labute approximate surface area is 119 Å². The van der Waals surface area contributed by atoms with Crippen LogP contribution in [-0.2, 0) is 9.59 Å². The van der Waals surface area contributed by atoms with Gasteiger partial charge in [0.2, 0.25) is 5.91 Å². The molecule has 114 valence electrons. The standard InChI is InChI=1S/C12H15N3O6/c1-21-10-4-2-7(15(19)20)6-9(10)14-12(18)8(13)3-5-11(16)17/h2,4,6,8H,3,5,13H2,1H3,(H,14,18)(H,16,17).